The van der Waals surface area contributed by atoms with Gasteiger partial charge in [0.25, 0.3) is 5.91 Å². The van der Waals surface area contributed by atoms with Crippen LogP contribution in [-0.2, 0) is 4.74 Å². The van der Waals surface area contributed by atoms with E-state index in [1.807, 2.05) is 0 Å². The average molecular weight is 354 g/mol. The van der Waals surface area contributed by atoms with Gasteiger partial charge in [0.15, 0.2) is 11.6 Å². The van der Waals surface area contributed by atoms with Crippen LogP contribution in [0.3, 0.4) is 0 Å². The zero-order valence-electron chi connectivity index (χ0n) is 14.5. The molecule has 1 atom stereocenters. The molecule has 1 unspecified atom stereocenters. The highest BCUT2D eigenvalue weighted by atomic mass is 19.2. The molecule has 0 radical (unpaired) electrons. The maximum Gasteiger partial charge on any atom is 0.260 e. The Morgan fingerprint density at radius 2 is 2.12 bits per heavy atom. The van der Waals surface area contributed by atoms with E-state index in [-0.39, 0.29) is 11.3 Å². The number of amides is 1. The molecule has 0 aliphatic carbocycles. The summed E-state index contributed by atoms with van der Waals surface area (Å²) in [6.07, 6.45) is 1.88. The van der Waals surface area contributed by atoms with Gasteiger partial charge < -0.3 is 19.3 Å². The lowest BCUT2D eigenvalue weighted by Crippen LogP contribution is -2.37. The third kappa shape index (κ3) is 4.10. The number of carbonyl (C=O) groups excluding carboxylic acids is 1. The molecule has 2 heterocycles. The minimum absolute atomic E-state index is 0.0631. The van der Waals surface area contributed by atoms with Crippen LogP contribution in [-0.4, -0.2) is 68.8 Å². The maximum absolute atomic E-state index is 14.2. The first kappa shape index (κ1) is 18.1. The molecule has 0 bridgehead atoms. The van der Waals surface area contributed by atoms with Crippen LogP contribution in [0.1, 0.15) is 23.2 Å². The summed E-state index contributed by atoms with van der Waals surface area (Å²) in [6, 6.07) is 2.26. The number of carbonyl (C=O) groups is 1. The van der Waals surface area contributed by atoms with Crippen molar-refractivity contribution in [2.24, 2.45) is 5.92 Å². The maximum atomic E-state index is 14.2. The van der Waals surface area contributed by atoms with Gasteiger partial charge in [-0.15, -0.1) is 0 Å². The van der Waals surface area contributed by atoms with Gasteiger partial charge in [0.2, 0.25) is 0 Å². The van der Waals surface area contributed by atoms with Crippen molar-refractivity contribution in [3.05, 3.63) is 29.3 Å². The Morgan fingerprint density at radius 1 is 1.28 bits per heavy atom. The molecule has 138 valence electrons. The first-order chi connectivity index (χ1) is 12.1. The van der Waals surface area contributed by atoms with E-state index in [4.69, 9.17) is 9.47 Å². The van der Waals surface area contributed by atoms with E-state index in [9.17, 15) is 13.6 Å². The Balaban J connectivity index is 1.68. The topological polar surface area (TPSA) is 42.0 Å². The molecule has 3 rings (SSSR count). The molecule has 0 spiro atoms. The molecule has 0 N–H and O–H groups in total. The molecule has 2 saturated heterocycles. The van der Waals surface area contributed by atoms with E-state index in [2.05, 4.69) is 4.90 Å². The summed E-state index contributed by atoms with van der Waals surface area (Å²) in [5.41, 5.74) is -0.319. The predicted octanol–water partition coefficient (Wildman–Crippen LogP) is 2.16. The van der Waals surface area contributed by atoms with E-state index in [1.165, 1.54) is 13.2 Å². The summed E-state index contributed by atoms with van der Waals surface area (Å²) >= 11 is 0. The van der Waals surface area contributed by atoms with Crippen molar-refractivity contribution < 1.29 is 23.0 Å². The second-order valence-electron chi connectivity index (χ2n) is 6.61. The first-order valence-electron chi connectivity index (χ1n) is 8.71. The van der Waals surface area contributed by atoms with E-state index >= 15 is 0 Å². The van der Waals surface area contributed by atoms with Crippen LogP contribution in [0.4, 0.5) is 8.78 Å². The molecule has 1 aromatic rings. The Kier molecular flexibility index (Phi) is 5.86. The molecule has 1 amide bonds. The largest absolute Gasteiger partial charge is 0.496 e. The second kappa shape index (κ2) is 8.10. The zero-order chi connectivity index (χ0) is 17.8. The third-order valence-electron chi connectivity index (χ3n) is 4.91. The highest BCUT2D eigenvalue weighted by molar-refractivity contribution is 5.97. The van der Waals surface area contributed by atoms with E-state index in [0.717, 1.165) is 51.8 Å². The monoisotopic (exact) mass is 354 g/mol. The fourth-order valence-corrected chi connectivity index (χ4v) is 3.51. The Labute approximate surface area is 146 Å². The van der Waals surface area contributed by atoms with E-state index in [0.29, 0.717) is 19.0 Å². The molecular weight excluding hydrogens is 330 g/mol. The zero-order valence-corrected chi connectivity index (χ0v) is 14.5. The van der Waals surface area contributed by atoms with Crippen LogP contribution in [0, 0.1) is 17.6 Å². The molecule has 1 aromatic carbocycles. The lowest BCUT2D eigenvalue weighted by Gasteiger charge is -2.24. The van der Waals surface area contributed by atoms with Crippen molar-refractivity contribution in [2.45, 2.75) is 12.8 Å². The van der Waals surface area contributed by atoms with Crippen LogP contribution in [0.25, 0.3) is 0 Å². The number of ether oxygens (including phenoxy) is 2. The summed E-state index contributed by atoms with van der Waals surface area (Å²) in [4.78, 5) is 16.7. The minimum atomic E-state index is -1.14. The highest BCUT2D eigenvalue weighted by Crippen LogP contribution is 2.26. The van der Waals surface area contributed by atoms with E-state index < -0.39 is 17.5 Å². The molecule has 2 fully saturated rings. The fourth-order valence-electron chi connectivity index (χ4n) is 3.51. The highest BCUT2D eigenvalue weighted by Gasteiger charge is 2.28. The second-order valence-corrected chi connectivity index (χ2v) is 6.61. The predicted molar refractivity (Wildman–Crippen MR) is 88.8 cm³/mol. The van der Waals surface area contributed by atoms with Crippen LogP contribution in [0.5, 0.6) is 5.75 Å². The minimum Gasteiger partial charge on any atom is -0.496 e. The van der Waals surface area contributed by atoms with Gasteiger partial charge in [0, 0.05) is 32.8 Å². The van der Waals surface area contributed by atoms with Crippen LogP contribution >= 0.6 is 0 Å². The van der Waals surface area contributed by atoms with Crippen molar-refractivity contribution in [1.29, 1.82) is 0 Å². The van der Waals surface area contributed by atoms with E-state index in [1.54, 1.807) is 4.90 Å². The van der Waals surface area contributed by atoms with Gasteiger partial charge in [-0.25, -0.2) is 8.78 Å². The smallest absolute Gasteiger partial charge is 0.260 e. The number of hydrogen-bond acceptors (Lipinski definition) is 4. The van der Waals surface area contributed by atoms with Gasteiger partial charge in [-0.1, -0.05) is 0 Å². The number of halogens is 2. The molecule has 7 heteroatoms. The summed E-state index contributed by atoms with van der Waals surface area (Å²) in [6.45, 7) is 5.21. The van der Waals surface area contributed by atoms with Crippen LogP contribution in [0.15, 0.2) is 12.1 Å². The summed E-state index contributed by atoms with van der Waals surface area (Å²) < 4.78 is 38.2. The first-order valence-corrected chi connectivity index (χ1v) is 8.71. The van der Waals surface area contributed by atoms with Gasteiger partial charge in [0.1, 0.15) is 11.3 Å². The van der Waals surface area contributed by atoms with Gasteiger partial charge >= 0.3 is 0 Å². The van der Waals surface area contributed by atoms with Crippen molar-refractivity contribution in [1.82, 2.24) is 9.80 Å². The molecule has 2 aliphatic rings. The normalized spacial score (nSPS) is 22.0. The number of methoxy groups -OCH3 is 1. The molecule has 0 aromatic heterocycles. The molecule has 2 aliphatic heterocycles. The van der Waals surface area contributed by atoms with Gasteiger partial charge in [-0.2, -0.15) is 0 Å². The Hall–Kier alpha value is -1.73. The van der Waals surface area contributed by atoms with Crippen molar-refractivity contribution in [3.63, 3.8) is 0 Å². The third-order valence-corrected chi connectivity index (χ3v) is 4.91. The van der Waals surface area contributed by atoms with Crippen LogP contribution in [0.2, 0.25) is 0 Å². The fraction of sp³-hybridized carbons (Fsp3) is 0.611. The lowest BCUT2D eigenvalue weighted by atomic mass is 10.1. The SMILES string of the molecule is COc1ccc(F)c(F)c1C(=O)N1CCCN(CC2CCOC2)CC1. The van der Waals surface area contributed by atoms with Crippen molar-refractivity contribution >= 4 is 5.91 Å². The number of rotatable bonds is 4. The van der Waals surface area contributed by atoms with Crippen molar-refractivity contribution in [2.75, 3.05) is 53.0 Å². The molecule has 25 heavy (non-hydrogen) atoms. The molecular formula is C18H24F2N2O3. The lowest BCUT2D eigenvalue weighted by molar-refractivity contribution is 0.0750. The molecule has 5 nitrogen and oxygen atoms in total. The number of benzene rings is 1. The van der Waals surface area contributed by atoms with Gasteiger partial charge in [0.05, 0.1) is 13.7 Å². The van der Waals surface area contributed by atoms with Gasteiger partial charge in [-0.3, -0.25) is 4.79 Å². The Morgan fingerprint density at radius 3 is 2.84 bits per heavy atom. The summed E-state index contributed by atoms with van der Waals surface area (Å²) in [5, 5.41) is 0. The standard InChI is InChI=1S/C18H24F2N2O3/c1-24-15-4-3-14(19)17(20)16(15)18(23)22-7-2-6-21(8-9-22)11-13-5-10-25-12-13/h3-4,13H,2,5-12H2,1H3. The molecule has 0 saturated carbocycles. The van der Waals surface area contributed by atoms with Crippen LogP contribution < -0.4 is 4.74 Å². The quantitative estimate of drug-likeness (QED) is 0.831. The Bertz CT molecular complexity index is 621. The summed E-state index contributed by atoms with van der Waals surface area (Å²) in [7, 11) is 1.34. The van der Waals surface area contributed by atoms with Gasteiger partial charge in [-0.05, 0) is 37.4 Å². The number of nitrogens with zero attached hydrogens (tertiary/aromatic N) is 2. The summed E-state index contributed by atoms with van der Waals surface area (Å²) in [5.74, 6) is -2.09. The number of hydrogen-bond donors (Lipinski definition) is 0. The average Bonchev–Trinajstić information content (AvgIpc) is 3.01. The van der Waals surface area contributed by atoms with Crippen molar-refractivity contribution in [3.8, 4) is 5.75 Å².